The Balaban J connectivity index is 1.51. The third kappa shape index (κ3) is 3.30. The smallest absolute Gasteiger partial charge is 0.0645 e. The molecular formula is C16H25N3O. The number of ether oxygens (including phenoxy) is 1. The molecule has 1 aromatic heterocycles. The van der Waals surface area contributed by atoms with Crippen LogP contribution >= 0.6 is 0 Å². The van der Waals surface area contributed by atoms with Gasteiger partial charge in [0.25, 0.3) is 0 Å². The van der Waals surface area contributed by atoms with Crippen LogP contribution in [-0.2, 0) is 4.74 Å². The van der Waals surface area contributed by atoms with E-state index in [4.69, 9.17) is 4.74 Å². The lowest BCUT2D eigenvalue weighted by Crippen LogP contribution is -2.55. The van der Waals surface area contributed by atoms with Gasteiger partial charge in [0.15, 0.2) is 0 Å². The van der Waals surface area contributed by atoms with Crippen molar-refractivity contribution in [2.75, 3.05) is 31.2 Å². The fourth-order valence-corrected chi connectivity index (χ4v) is 3.38. The van der Waals surface area contributed by atoms with E-state index in [1.54, 1.807) is 0 Å². The maximum absolute atomic E-state index is 5.64. The molecule has 0 bridgehead atoms. The summed E-state index contributed by atoms with van der Waals surface area (Å²) < 4.78 is 5.64. The van der Waals surface area contributed by atoms with Crippen molar-refractivity contribution < 1.29 is 4.74 Å². The standard InChI is InChI=1S/C16H25N3O/c1-16(7-2-12-20-13-16)18-14-5-10-19(11-6-14)15-3-8-17-9-4-15/h3-4,8-9,14,18H,2,5-7,10-13H2,1H3. The first kappa shape index (κ1) is 13.8. The van der Waals surface area contributed by atoms with Crippen LogP contribution < -0.4 is 10.2 Å². The third-order valence-electron chi connectivity index (χ3n) is 4.51. The zero-order valence-corrected chi connectivity index (χ0v) is 12.3. The average Bonchev–Trinajstić information content (AvgIpc) is 2.49. The Morgan fingerprint density at radius 3 is 2.70 bits per heavy atom. The van der Waals surface area contributed by atoms with Crippen molar-refractivity contribution in [2.45, 2.75) is 44.2 Å². The van der Waals surface area contributed by atoms with Crippen LogP contribution in [0.25, 0.3) is 0 Å². The predicted molar refractivity (Wildman–Crippen MR) is 81.1 cm³/mol. The second-order valence-electron chi connectivity index (χ2n) is 6.33. The second-order valence-corrected chi connectivity index (χ2v) is 6.33. The molecule has 3 heterocycles. The van der Waals surface area contributed by atoms with E-state index in [9.17, 15) is 0 Å². The van der Waals surface area contributed by atoms with E-state index in [1.807, 2.05) is 12.4 Å². The first-order chi connectivity index (χ1) is 9.75. The molecule has 110 valence electrons. The first-order valence-corrected chi connectivity index (χ1v) is 7.76. The van der Waals surface area contributed by atoms with Crippen LogP contribution in [0.15, 0.2) is 24.5 Å². The molecule has 0 radical (unpaired) electrons. The molecule has 20 heavy (non-hydrogen) atoms. The van der Waals surface area contributed by atoms with E-state index in [0.29, 0.717) is 6.04 Å². The van der Waals surface area contributed by atoms with Crippen LogP contribution in [0.1, 0.15) is 32.6 Å². The lowest BCUT2D eigenvalue weighted by molar-refractivity contribution is 0.0216. The molecule has 2 saturated heterocycles. The summed E-state index contributed by atoms with van der Waals surface area (Å²) in [6, 6.07) is 4.83. The van der Waals surface area contributed by atoms with Gasteiger partial charge in [-0.3, -0.25) is 4.98 Å². The van der Waals surface area contributed by atoms with Crippen molar-refractivity contribution in [2.24, 2.45) is 0 Å². The molecule has 4 heteroatoms. The van der Waals surface area contributed by atoms with Crippen LogP contribution in [0.2, 0.25) is 0 Å². The SMILES string of the molecule is CC1(NC2CCN(c3ccncc3)CC2)CCCOC1. The van der Waals surface area contributed by atoms with Crippen LogP contribution in [0.5, 0.6) is 0 Å². The lowest BCUT2D eigenvalue weighted by atomic mass is 9.91. The van der Waals surface area contributed by atoms with Gasteiger partial charge >= 0.3 is 0 Å². The van der Waals surface area contributed by atoms with Crippen molar-refractivity contribution in [3.8, 4) is 0 Å². The number of anilines is 1. The number of hydrogen-bond acceptors (Lipinski definition) is 4. The minimum absolute atomic E-state index is 0.182. The summed E-state index contributed by atoms with van der Waals surface area (Å²) in [6.45, 7) is 6.34. The van der Waals surface area contributed by atoms with Crippen molar-refractivity contribution in [3.63, 3.8) is 0 Å². The van der Waals surface area contributed by atoms with Crippen molar-refractivity contribution in [1.29, 1.82) is 0 Å². The number of hydrogen-bond donors (Lipinski definition) is 1. The van der Waals surface area contributed by atoms with Crippen molar-refractivity contribution in [1.82, 2.24) is 10.3 Å². The van der Waals surface area contributed by atoms with Crippen LogP contribution in [0, 0.1) is 0 Å². The molecule has 1 atom stereocenters. The molecule has 0 aliphatic carbocycles. The van der Waals surface area contributed by atoms with Crippen LogP contribution in [0.4, 0.5) is 5.69 Å². The lowest BCUT2D eigenvalue weighted by Gasteiger charge is -2.41. The van der Waals surface area contributed by atoms with Crippen molar-refractivity contribution in [3.05, 3.63) is 24.5 Å². The maximum Gasteiger partial charge on any atom is 0.0645 e. The molecule has 1 N–H and O–H groups in total. The Bertz CT molecular complexity index is 409. The first-order valence-electron chi connectivity index (χ1n) is 7.76. The molecule has 4 nitrogen and oxygen atoms in total. The molecule has 3 rings (SSSR count). The zero-order chi connectivity index (χ0) is 13.8. The summed E-state index contributed by atoms with van der Waals surface area (Å²) >= 11 is 0. The summed E-state index contributed by atoms with van der Waals surface area (Å²) in [6.07, 6.45) is 8.58. The van der Waals surface area contributed by atoms with E-state index >= 15 is 0 Å². The van der Waals surface area contributed by atoms with E-state index in [1.165, 1.54) is 31.4 Å². The molecular weight excluding hydrogens is 250 g/mol. The van der Waals surface area contributed by atoms with Gasteiger partial charge < -0.3 is 15.0 Å². The Labute approximate surface area is 121 Å². The van der Waals surface area contributed by atoms with E-state index in [-0.39, 0.29) is 5.54 Å². The van der Waals surface area contributed by atoms with E-state index in [2.05, 4.69) is 34.3 Å². The Morgan fingerprint density at radius 2 is 2.05 bits per heavy atom. The van der Waals surface area contributed by atoms with Crippen LogP contribution in [0.3, 0.4) is 0 Å². The van der Waals surface area contributed by atoms with Gasteiger partial charge in [0.05, 0.1) is 6.61 Å². The van der Waals surface area contributed by atoms with Gasteiger partial charge in [0, 0.05) is 49.4 Å². The maximum atomic E-state index is 5.64. The summed E-state index contributed by atoms with van der Waals surface area (Å²) in [5.41, 5.74) is 1.48. The molecule has 0 saturated carbocycles. The highest BCUT2D eigenvalue weighted by atomic mass is 16.5. The highest BCUT2D eigenvalue weighted by Crippen LogP contribution is 2.23. The minimum Gasteiger partial charge on any atom is -0.380 e. The molecule has 2 aliphatic rings. The summed E-state index contributed by atoms with van der Waals surface area (Å²) in [5.74, 6) is 0. The Kier molecular flexibility index (Phi) is 4.22. The van der Waals surface area contributed by atoms with Gasteiger partial charge in [-0.2, -0.15) is 0 Å². The highest BCUT2D eigenvalue weighted by Gasteiger charge is 2.31. The predicted octanol–water partition coefficient (Wildman–Crippen LogP) is 2.21. The summed E-state index contributed by atoms with van der Waals surface area (Å²) in [4.78, 5) is 6.55. The minimum atomic E-state index is 0.182. The summed E-state index contributed by atoms with van der Waals surface area (Å²) in [5, 5.41) is 3.84. The molecule has 1 aromatic rings. The van der Waals surface area contributed by atoms with E-state index < -0.39 is 0 Å². The van der Waals surface area contributed by atoms with Crippen molar-refractivity contribution >= 4 is 5.69 Å². The Hall–Kier alpha value is -1.13. The largest absolute Gasteiger partial charge is 0.380 e. The fourth-order valence-electron chi connectivity index (χ4n) is 3.38. The Morgan fingerprint density at radius 1 is 1.30 bits per heavy atom. The molecule has 2 fully saturated rings. The van der Waals surface area contributed by atoms with Gasteiger partial charge in [0.1, 0.15) is 0 Å². The van der Waals surface area contributed by atoms with Gasteiger partial charge in [-0.15, -0.1) is 0 Å². The monoisotopic (exact) mass is 275 g/mol. The topological polar surface area (TPSA) is 37.4 Å². The molecule has 2 aliphatic heterocycles. The normalized spacial score (nSPS) is 28.6. The quantitative estimate of drug-likeness (QED) is 0.918. The number of pyridine rings is 1. The highest BCUT2D eigenvalue weighted by molar-refractivity contribution is 5.44. The number of nitrogens with zero attached hydrogens (tertiary/aromatic N) is 2. The number of rotatable bonds is 3. The van der Waals surface area contributed by atoms with Gasteiger partial charge in [-0.1, -0.05) is 0 Å². The van der Waals surface area contributed by atoms with Gasteiger partial charge in [-0.05, 0) is 44.7 Å². The number of nitrogens with one attached hydrogen (secondary N) is 1. The number of piperidine rings is 1. The molecule has 0 aromatic carbocycles. The molecule has 1 unspecified atom stereocenters. The zero-order valence-electron chi connectivity index (χ0n) is 12.3. The summed E-state index contributed by atoms with van der Waals surface area (Å²) in [7, 11) is 0. The van der Waals surface area contributed by atoms with Crippen LogP contribution in [-0.4, -0.2) is 42.9 Å². The molecule has 0 spiro atoms. The van der Waals surface area contributed by atoms with E-state index in [0.717, 1.165) is 26.3 Å². The number of aromatic nitrogens is 1. The molecule has 0 amide bonds. The second kappa shape index (κ2) is 6.10. The van der Waals surface area contributed by atoms with Gasteiger partial charge in [-0.25, -0.2) is 0 Å². The fraction of sp³-hybridized carbons (Fsp3) is 0.688. The van der Waals surface area contributed by atoms with Gasteiger partial charge in [0.2, 0.25) is 0 Å². The third-order valence-corrected chi connectivity index (χ3v) is 4.51. The average molecular weight is 275 g/mol.